The lowest BCUT2D eigenvalue weighted by molar-refractivity contribution is 0.0615. The van der Waals surface area contributed by atoms with E-state index < -0.39 is 10.0 Å². The van der Waals surface area contributed by atoms with Gasteiger partial charge in [0.2, 0.25) is 10.0 Å². The average molecular weight is 481 g/mol. The van der Waals surface area contributed by atoms with E-state index in [0.717, 1.165) is 44.6 Å². The SMILES string of the molecule is O=C(c1cc(S(=O)(=O)N2CCCCC2)c[nH]1)N1CCN(CCOc2ccc(Cl)cc2)CC1. The lowest BCUT2D eigenvalue weighted by atomic mass is 10.2. The van der Waals surface area contributed by atoms with Gasteiger partial charge in [-0.1, -0.05) is 18.0 Å². The van der Waals surface area contributed by atoms with Crippen molar-refractivity contribution in [3.05, 3.63) is 47.2 Å². The number of nitrogens with zero attached hydrogens (tertiary/aromatic N) is 3. The van der Waals surface area contributed by atoms with E-state index in [2.05, 4.69) is 9.88 Å². The van der Waals surface area contributed by atoms with Crippen LogP contribution in [0.5, 0.6) is 5.75 Å². The van der Waals surface area contributed by atoms with Crippen LogP contribution >= 0.6 is 11.6 Å². The highest BCUT2D eigenvalue weighted by Gasteiger charge is 2.29. The van der Waals surface area contributed by atoms with Gasteiger partial charge < -0.3 is 14.6 Å². The first-order valence-corrected chi connectivity index (χ1v) is 12.8. The van der Waals surface area contributed by atoms with Crippen molar-refractivity contribution < 1.29 is 17.9 Å². The first kappa shape index (κ1) is 23.1. The van der Waals surface area contributed by atoms with Crippen LogP contribution in [0.25, 0.3) is 0 Å². The fourth-order valence-electron chi connectivity index (χ4n) is 4.07. The van der Waals surface area contributed by atoms with Gasteiger partial charge in [-0.2, -0.15) is 4.31 Å². The smallest absolute Gasteiger partial charge is 0.270 e. The Morgan fingerprint density at radius 1 is 1.00 bits per heavy atom. The fourth-order valence-corrected chi connectivity index (χ4v) is 5.71. The van der Waals surface area contributed by atoms with Gasteiger partial charge in [-0.25, -0.2) is 8.42 Å². The Morgan fingerprint density at radius 3 is 2.38 bits per heavy atom. The van der Waals surface area contributed by atoms with Crippen LogP contribution in [-0.2, 0) is 10.0 Å². The standard InChI is InChI=1S/C22H29ClN4O4S/c23-18-4-6-19(7-5-18)31-15-14-25-10-12-26(13-11-25)22(28)21-16-20(17-24-21)32(29,30)27-8-2-1-3-9-27/h4-7,16-17,24H,1-3,8-15H2. The molecule has 174 valence electrons. The van der Waals surface area contributed by atoms with Crippen molar-refractivity contribution in [2.75, 3.05) is 52.4 Å². The average Bonchev–Trinajstić information content (AvgIpc) is 3.32. The molecule has 4 rings (SSSR count). The van der Waals surface area contributed by atoms with Gasteiger partial charge in [-0.3, -0.25) is 9.69 Å². The van der Waals surface area contributed by atoms with Crippen LogP contribution in [0.3, 0.4) is 0 Å². The lowest BCUT2D eigenvalue weighted by Crippen LogP contribution is -2.49. The largest absolute Gasteiger partial charge is 0.492 e. The van der Waals surface area contributed by atoms with Gasteiger partial charge >= 0.3 is 0 Å². The third-order valence-corrected chi connectivity index (χ3v) is 8.12. The quantitative estimate of drug-likeness (QED) is 0.658. The summed E-state index contributed by atoms with van der Waals surface area (Å²) in [5, 5.41) is 0.677. The Kier molecular flexibility index (Phi) is 7.40. The molecule has 0 aliphatic carbocycles. The Labute approximate surface area is 194 Å². The molecule has 0 unspecified atom stereocenters. The van der Waals surface area contributed by atoms with Gasteiger partial charge in [0.25, 0.3) is 5.91 Å². The van der Waals surface area contributed by atoms with E-state index in [9.17, 15) is 13.2 Å². The summed E-state index contributed by atoms with van der Waals surface area (Å²) in [5.74, 6) is 0.618. The third kappa shape index (κ3) is 5.46. The van der Waals surface area contributed by atoms with E-state index in [4.69, 9.17) is 16.3 Å². The number of amides is 1. The van der Waals surface area contributed by atoms with Gasteiger partial charge in [-0.15, -0.1) is 0 Å². The Balaban J connectivity index is 1.26. The maximum Gasteiger partial charge on any atom is 0.270 e. The molecule has 0 atom stereocenters. The number of rotatable bonds is 7. The molecule has 3 heterocycles. The van der Waals surface area contributed by atoms with E-state index >= 15 is 0 Å². The number of H-pyrrole nitrogens is 1. The molecule has 1 amide bonds. The van der Waals surface area contributed by atoms with E-state index in [-0.39, 0.29) is 10.8 Å². The number of carbonyl (C=O) groups is 1. The van der Waals surface area contributed by atoms with Crippen LogP contribution in [0.2, 0.25) is 5.02 Å². The summed E-state index contributed by atoms with van der Waals surface area (Å²) in [6.07, 6.45) is 4.25. The summed E-state index contributed by atoms with van der Waals surface area (Å²) >= 11 is 5.88. The molecule has 1 aromatic heterocycles. The van der Waals surface area contributed by atoms with Crippen LogP contribution in [0.15, 0.2) is 41.4 Å². The molecule has 2 fully saturated rings. The summed E-state index contributed by atoms with van der Waals surface area (Å²) < 4.78 is 32.9. The van der Waals surface area contributed by atoms with Crippen molar-refractivity contribution in [1.82, 2.24) is 19.1 Å². The molecular formula is C22H29ClN4O4S. The highest BCUT2D eigenvalue weighted by Crippen LogP contribution is 2.22. The summed E-state index contributed by atoms with van der Waals surface area (Å²) in [7, 11) is -3.55. The summed E-state index contributed by atoms with van der Waals surface area (Å²) in [4.78, 5) is 19.9. The van der Waals surface area contributed by atoms with Gasteiger partial charge in [0.15, 0.2) is 0 Å². The van der Waals surface area contributed by atoms with Crippen molar-refractivity contribution in [1.29, 1.82) is 0 Å². The molecule has 0 saturated carbocycles. The Hall–Kier alpha value is -2.07. The van der Waals surface area contributed by atoms with Crippen molar-refractivity contribution in [2.45, 2.75) is 24.2 Å². The molecule has 1 aromatic carbocycles. The van der Waals surface area contributed by atoms with Gasteiger partial charge in [0.05, 0.1) is 0 Å². The normalized spacial score (nSPS) is 18.6. The minimum atomic E-state index is -3.55. The molecule has 0 radical (unpaired) electrons. The fraction of sp³-hybridized carbons (Fsp3) is 0.500. The van der Waals surface area contributed by atoms with Crippen LogP contribution in [0.1, 0.15) is 29.8 Å². The topological polar surface area (TPSA) is 86.0 Å². The Bertz CT molecular complexity index is 1010. The number of sulfonamides is 1. The first-order chi connectivity index (χ1) is 15.4. The lowest BCUT2D eigenvalue weighted by Gasteiger charge is -2.34. The molecule has 0 bridgehead atoms. The minimum Gasteiger partial charge on any atom is -0.492 e. The number of nitrogens with one attached hydrogen (secondary N) is 1. The van der Waals surface area contributed by atoms with Crippen LogP contribution < -0.4 is 4.74 Å². The molecule has 2 aliphatic heterocycles. The molecule has 8 nitrogen and oxygen atoms in total. The maximum absolute atomic E-state index is 12.9. The number of aromatic amines is 1. The van der Waals surface area contributed by atoms with Crippen LogP contribution in [-0.4, -0.2) is 85.8 Å². The molecule has 10 heteroatoms. The van der Waals surface area contributed by atoms with E-state index in [1.807, 2.05) is 12.1 Å². The summed E-state index contributed by atoms with van der Waals surface area (Å²) in [6, 6.07) is 8.75. The molecular weight excluding hydrogens is 452 g/mol. The monoisotopic (exact) mass is 480 g/mol. The van der Waals surface area contributed by atoms with E-state index in [0.29, 0.717) is 43.5 Å². The molecule has 0 spiro atoms. The second kappa shape index (κ2) is 10.2. The van der Waals surface area contributed by atoms with E-state index in [1.165, 1.54) is 16.6 Å². The predicted molar refractivity (Wildman–Crippen MR) is 123 cm³/mol. The molecule has 32 heavy (non-hydrogen) atoms. The second-order valence-electron chi connectivity index (χ2n) is 8.15. The predicted octanol–water partition coefficient (Wildman–Crippen LogP) is 2.68. The number of hydrogen-bond donors (Lipinski definition) is 1. The number of ether oxygens (including phenoxy) is 1. The van der Waals surface area contributed by atoms with Gasteiger partial charge in [-0.05, 0) is 43.2 Å². The number of benzene rings is 1. The minimum absolute atomic E-state index is 0.165. The number of carbonyl (C=O) groups excluding carboxylic acids is 1. The van der Waals surface area contributed by atoms with Crippen molar-refractivity contribution in [2.24, 2.45) is 0 Å². The molecule has 2 aliphatic rings. The highest BCUT2D eigenvalue weighted by atomic mass is 35.5. The van der Waals surface area contributed by atoms with Gasteiger partial charge in [0, 0.05) is 57.0 Å². The van der Waals surface area contributed by atoms with Crippen molar-refractivity contribution in [3.8, 4) is 5.75 Å². The summed E-state index contributed by atoms with van der Waals surface area (Å²) in [6.45, 7) is 5.08. The zero-order valence-electron chi connectivity index (χ0n) is 18.0. The molecule has 2 saturated heterocycles. The second-order valence-corrected chi connectivity index (χ2v) is 10.5. The third-order valence-electron chi connectivity index (χ3n) is 5.99. The van der Waals surface area contributed by atoms with Crippen molar-refractivity contribution >= 4 is 27.5 Å². The van der Waals surface area contributed by atoms with Crippen molar-refractivity contribution in [3.63, 3.8) is 0 Å². The molecule has 1 N–H and O–H groups in total. The number of halogens is 1. The zero-order chi connectivity index (χ0) is 22.6. The van der Waals surface area contributed by atoms with Crippen LogP contribution in [0.4, 0.5) is 0 Å². The maximum atomic E-state index is 12.9. The first-order valence-electron chi connectivity index (χ1n) is 11.0. The number of piperazine rings is 1. The van der Waals surface area contributed by atoms with Crippen LogP contribution in [0, 0.1) is 0 Å². The molecule has 2 aromatic rings. The zero-order valence-corrected chi connectivity index (χ0v) is 19.6. The van der Waals surface area contributed by atoms with Gasteiger partial charge in [0.1, 0.15) is 22.9 Å². The Morgan fingerprint density at radius 2 is 1.69 bits per heavy atom. The van der Waals surface area contributed by atoms with E-state index in [1.54, 1.807) is 17.0 Å². The number of hydrogen-bond acceptors (Lipinski definition) is 5. The number of aromatic nitrogens is 1. The highest BCUT2D eigenvalue weighted by molar-refractivity contribution is 7.89. The summed E-state index contributed by atoms with van der Waals surface area (Å²) in [5.41, 5.74) is 0.320. The number of piperidine rings is 1.